The summed E-state index contributed by atoms with van der Waals surface area (Å²) in [6.07, 6.45) is 0. The predicted octanol–water partition coefficient (Wildman–Crippen LogP) is 5.16. The third-order valence-corrected chi connectivity index (χ3v) is 4.74. The summed E-state index contributed by atoms with van der Waals surface area (Å²) in [7, 11) is 0. The van der Waals surface area contributed by atoms with Crippen molar-refractivity contribution in [1.82, 2.24) is 0 Å². The lowest BCUT2D eigenvalue weighted by Crippen LogP contribution is -2.15. The second-order valence-electron chi connectivity index (χ2n) is 6.10. The van der Waals surface area contributed by atoms with Crippen LogP contribution in [0, 0.1) is 0 Å². The molecule has 0 aliphatic carbocycles. The van der Waals surface area contributed by atoms with Crippen LogP contribution in [0.4, 0.5) is 11.4 Å². The first-order chi connectivity index (χ1) is 13.4. The minimum atomic E-state index is -0.312. The number of halogens is 1. The molecule has 3 aromatic rings. The Morgan fingerprint density at radius 3 is 2.07 bits per heavy atom. The molecule has 0 saturated carbocycles. The molecule has 6 heteroatoms. The van der Waals surface area contributed by atoms with Crippen molar-refractivity contribution in [3.05, 3.63) is 94.0 Å². The van der Waals surface area contributed by atoms with E-state index >= 15 is 0 Å². The molecule has 0 aromatic heterocycles. The van der Waals surface area contributed by atoms with Crippen LogP contribution in [0.25, 0.3) is 0 Å². The maximum atomic E-state index is 12.5. The number of nitrogens with one attached hydrogen (secondary N) is 2. The zero-order valence-corrected chi connectivity index (χ0v) is 16.6. The quantitative estimate of drug-likeness (QED) is 0.542. The molecule has 0 radical (unpaired) electrons. The van der Waals surface area contributed by atoms with Gasteiger partial charge in [-0.1, -0.05) is 18.2 Å². The summed E-state index contributed by atoms with van der Waals surface area (Å²) in [5.74, 6) is -0.621. The van der Waals surface area contributed by atoms with Crippen molar-refractivity contribution in [2.75, 3.05) is 10.6 Å². The van der Waals surface area contributed by atoms with Gasteiger partial charge in [-0.05, 0) is 77.5 Å². The minimum absolute atomic E-state index is 0.0358. The minimum Gasteiger partial charge on any atom is -0.322 e. The van der Waals surface area contributed by atoms with Crippen molar-refractivity contribution in [1.29, 1.82) is 0 Å². The molecular weight excluding hydrogens is 420 g/mol. The van der Waals surface area contributed by atoms with Crippen LogP contribution in [0.5, 0.6) is 0 Å². The fraction of sp³-hybridized carbons (Fsp3) is 0.0455. The van der Waals surface area contributed by atoms with Crippen LogP contribution >= 0.6 is 15.9 Å². The van der Waals surface area contributed by atoms with E-state index < -0.39 is 0 Å². The molecule has 2 amide bonds. The highest BCUT2D eigenvalue weighted by atomic mass is 79.9. The number of carbonyl (C=O) groups excluding carboxylic acids is 3. The SMILES string of the molecule is CC(=O)c1ccc(NC(=O)c2cccc(NC(=O)c3ccccc3Br)c2)cc1. The molecule has 0 fully saturated rings. The summed E-state index contributed by atoms with van der Waals surface area (Å²) in [5.41, 5.74) is 2.58. The first-order valence-corrected chi connectivity index (χ1v) is 9.31. The standard InChI is InChI=1S/C22H17BrN2O3/c1-14(26)15-9-11-17(12-10-15)24-21(27)16-5-4-6-18(13-16)25-22(28)19-7-2-3-8-20(19)23/h2-13H,1H3,(H,24,27)(H,25,28). The number of ketones is 1. The van der Waals surface area contributed by atoms with E-state index in [0.29, 0.717) is 32.5 Å². The van der Waals surface area contributed by atoms with Gasteiger partial charge in [-0.2, -0.15) is 0 Å². The lowest BCUT2D eigenvalue weighted by molar-refractivity contribution is 0.101. The van der Waals surface area contributed by atoms with Gasteiger partial charge in [0.15, 0.2) is 5.78 Å². The average molecular weight is 437 g/mol. The zero-order chi connectivity index (χ0) is 20.1. The third-order valence-electron chi connectivity index (χ3n) is 4.05. The van der Waals surface area contributed by atoms with Gasteiger partial charge in [-0.15, -0.1) is 0 Å². The summed E-state index contributed by atoms with van der Waals surface area (Å²) in [4.78, 5) is 36.2. The van der Waals surface area contributed by atoms with E-state index in [1.165, 1.54) is 6.92 Å². The molecule has 0 unspecified atom stereocenters. The van der Waals surface area contributed by atoms with Crippen molar-refractivity contribution in [3.8, 4) is 0 Å². The fourth-order valence-electron chi connectivity index (χ4n) is 2.57. The zero-order valence-electron chi connectivity index (χ0n) is 15.0. The van der Waals surface area contributed by atoms with Crippen molar-refractivity contribution in [2.45, 2.75) is 6.92 Å². The van der Waals surface area contributed by atoms with E-state index in [4.69, 9.17) is 0 Å². The van der Waals surface area contributed by atoms with Crippen LogP contribution in [0.3, 0.4) is 0 Å². The number of hydrogen-bond acceptors (Lipinski definition) is 3. The average Bonchev–Trinajstić information content (AvgIpc) is 2.69. The molecule has 140 valence electrons. The second-order valence-corrected chi connectivity index (χ2v) is 6.96. The third kappa shape index (κ3) is 4.72. The van der Waals surface area contributed by atoms with Crippen LogP contribution in [-0.2, 0) is 0 Å². The van der Waals surface area contributed by atoms with Crippen LogP contribution in [-0.4, -0.2) is 17.6 Å². The molecule has 0 bridgehead atoms. The van der Waals surface area contributed by atoms with Gasteiger partial charge in [0.2, 0.25) is 0 Å². The van der Waals surface area contributed by atoms with Gasteiger partial charge in [0, 0.05) is 27.0 Å². The Hall–Kier alpha value is -3.25. The van der Waals surface area contributed by atoms with Gasteiger partial charge in [0.05, 0.1) is 5.56 Å². The Kier molecular flexibility index (Phi) is 6.01. The number of benzene rings is 3. The Balaban J connectivity index is 1.71. The lowest BCUT2D eigenvalue weighted by Gasteiger charge is -2.09. The van der Waals surface area contributed by atoms with Crippen molar-refractivity contribution >= 4 is 44.9 Å². The molecule has 0 spiro atoms. The number of anilines is 2. The maximum absolute atomic E-state index is 12.5. The van der Waals surface area contributed by atoms with Crippen LogP contribution in [0.2, 0.25) is 0 Å². The molecule has 3 aromatic carbocycles. The largest absolute Gasteiger partial charge is 0.322 e. The molecule has 0 saturated heterocycles. The number of rotatable bonds is 5. The normalized spacial score (nSPS) is 10.2. The van der Waals surface area contributed by atoms with Gasteiger partial charge in [-0.25, -0.2) is 0 Å². The second kappa shape index (κ2) is 8.63. The molecule has 0 atom stereocenters. The van der Waals surface area contributed by atoms with Gasteiger partial charge in [0.25, 0.3) is 11.8 Å². The summed E-state index contributed by atoms with van der Waals surface area (Å²) in [6.45, 7) is 1.49. The molecule has 0 heterocycles. The number of Topliss-reactive ketones (excluding diaryl/α,β-unsaturated/α-hetero) is 1. The first-order valence-electron chi connectivity index (χ1n) is 8.52. The highest BCUT2D eigenvalue weighted by Gasteiger charge is 2.12. The number of amides is 2. The van der Waals surface area contributed by atoms with Gasteiger partial charge < -0.3 is 10.6 Å². The van der Waals surface area contributed by atoms with Crippen LogP contribution in [0.1, 0.15) is 38.0 Å². The molecular formula is C22H17BrN2O3. The molecule has 3 rings (SSSR count). The summed E-state index contributed by atoms with van der Waals surface area (Å²) < 4.78 is 0.690. The predicted molar refractivity (Wildman–Crippen MR) is 113 cm³/mol. The first kappa shape index (κ1) is 19.5. The lowest BCUT2D eigenvalue weighted by atomic mass is 10.1. The van der Waals surface area contributed by atoms with E-state index in [2.05, 4.69) is 26.6 Å². The van der Waals surface area contributed by atoms with Crippen molar-refractivity contribution in [3.63, 3.8) is 0 Å². The number of carbonyl (C=O) groups is 3. The molecule has 0 aliphatic rings. The summed E-state index contributed by atoms with van der Waals surface area (Å²) in [6, 6.07) is 20.4. The Bertz CT molecular complexity index is 1050. The van der Waals surface area contributed by atoms with Gasteiger partial charge in [0.1, 0.15) is 0 Å². The van der Waals surface area contributed by atoms with Crippen LogP contribution in [0.15, 0.2) is 77.3 Å². The Morgan fingerprint density at radius 2 is 1.39 bits per heavy atom. The van der Waals surface area contributed by atoms with Gasteiger partial charge >= 0.3 is 0 Å². The highest BCUT2D eigenvalue weighted by Crippen LogP contribution is 2.19. The van der Waals surface area contributed by atoms with Crippen molar-refractivity contribution in [2.24, 2.45) is 0 Å². The molecule has 0 aliphatic heterocycles. The highest BCUT2D eigenvalue weighted by molar-refractivity contribution is 9.10. The van der Waals surface area contributed by atoms with Crippen molar-refractivity contribution < 1.29 is 14.4 Å². The Labute approximate surface area is 170 Å². The monoisotopic (exact) mass is 436 g/mol. The van der Waals surface area contributed by atoms with E-state index in [1.807, 2.05) is 6.07 Å². The van der Waals surface area contributed by atoms with E-state index in [9.17, 15) is 14.4 Å². The smallest absolute Gasteiger partial charge is 0.256 e. The maximum Gasteiger partial charge on any atom is 0.256 e. The van der Waals surface area contributed by atoms with Gasteiger partial charge in [-0.3, -0.25) is 14.4 Å². The van der Waals surface area contributed by atoms with E-state index in [-0.39, 0.29) is 17.6 Å². The molecule has 28 heavy (non-hydrogen) atoms. The molecule has 5 nitrogen and oxygen atoms in total. The topological polar surface area (TPSA) is 75.3 Å². The fourth-order valence-corrected chi connectivity index (χ4v) is 3.04. The van der Waals surface area contributed by atoms with Crippen LogP contribution < -0.4 is 10.6 Å². The summed E-state index contributed by atoms with van der Waals surface area (Å²) >= 11 is 3.35. The van der Waals surface area contributed by atoms with E-state index in [1.54, 1.807) is 66.7 Å². The summed E-state index contributed by atoms with van der Waals surface area (Å²) in [5, 5.41) is 5.57. The molecule has 2 N–H and O–H groups in total. The Morgan fingerprint density at radius 1 is 0.714 bits per heavy atom. The number of hydrogen-bond donors (Lipinski definition) is 2. The van der Waals surface area contributed by atoms with E-state index in [0.717, 1.165) is 0 Å².